The van der Waals surface area contributed by atoms with E-state index in [1.54, 1.807) is 0 Å². The van der Waals surface area contributed by atoms with Crippen LogP contribution in [0.3, 0.4) is 0 Å². The second-order valence-corrected chi connectivity index (χ2v) is 4.56. The lowest BCUT2D eigenvalue weighted by Crippen LogP contribution is -2.37. The Morgan fingerprint density at radius 2 is 2.00 bits per heavy atom. The number of carbonyl (C=O) groups excluding carboxylic acids is 1. The van der Waals surface area contributed by atoms with Crippen molar-refractivity contribution in [2.45, 2.75) is 38.6 Å². The highest BCUT2D eigenvalue weighted by atomic mass is 16.5. The summed E-state index contributed by atoms with van der Waals surface area (Å²) in [5.74, 6) is -0.360. The van der Waals surface area contributed by atoms with Gasteiger partial charge >= 0.3 is 5.97 Å². The van der Waals surface area contributed by atoms with E-state index in [4.69, 9.17) is 9.84 Å². The third kappa shape index (κ3) is 6.78. The van der Waals surface area contributed by atoms with E-state index >= 15 is 0 Å². The molecular weight excluding hydrogens is 258 g/mol. The molecule has 1 amide bonds. The number of ether oxygens (including phenoxy) is 1. The first kappa shape index (κ1) is 16.0. The van der Waals surface area contributed by atoms with Crippen molar-refractivity contribution in [1.82, 2.24) is 5.32 Å². The highest BCUT2D eigenvalue weighted by Crippen LogP contribution is 2.08. The van der Waals surface area contributed by atoms with Crippen molar-refractivity contribution in [1.29, 1.82) is 0 Å². The Bertz CT molecular complexity index is 419. The number of para-hydroxylation sites is 1. The number of rotatable bonds is 9. The molecule has 0 aliphatic heterocycles. The monoisotopic (exact) mass is 279 g/mol. The minimum atomic E-state index is -0.899. The van der Waals surface area contributed by atoms with Gasteiger partial charge in [-0.25, -0.2) is 0 Å². The number of nitrogens with one attached hydrogen (secondary N) is 1. The fourth-order valence-corrected chi connectivity index (χ4v) is 1.86. The molecule has 0 spiro atoms. The van der Waals surface area contributed by atoms with E-state index in [1.165, 1.54) is 0 Å². The Kier molecular flexibility index (Phi) is 7.17. The number of hydrogen-bond acceptors (Lipinski definition) is 3. The van der Waals surface area contributed by atoms with E-state index in [2.05, 4.69) is 5.32 Å². The number of aliphatic carboxylic acids is 1. The summed E-state index contributed by atoms with van der Waals surface area (Å²) in [6, 6.07) is 8.95. The molecule has 1 aromatic carbocycles. The first-order valence-corrected chi connectivity index (χ1v) is 6.80. The van der Waals surface area contributed by atoms with Gasteiger partial charge in [0.25, 0.3) is 0 Å². The molecule has 1 unspecified atom stereocenters. The van der Waals surface area contributed by atoms with Crippen LogP contribution in [0, 0.1) is 0 Å². The molecule has 0 heterocycles. The van der Waals surface area contributed by atoms with Crippen LogP contribution in [0.25, 0.3) is 0 Å². The van der Waals surface area contributed by atoms with Crippen LogP contribution >= 0.6 is 0 Å². The van der Waals surface area contributed by atoms with Crippen molar-refractivity contribution >= 4 is 11.9 Å². The standard InChI is InChI=1S/C15H21NO4/c1-2-6-12(11-15(18)19)16-14(17)9-10-20-13-7-4-3-5-8-13/h3-5,7-8,12H,2,6,9-11H2,1H3,(H,16,17)(H,18,19). The molecule has 20 heavy (non-hydrogen) atoms. The molecule has 0 saturated heterocycles. The average molecular weight is 279 g/mol. The zero-order valence-corrected chi connectivity index (χ0v) is 11.7. The molecule has 0 bridgehead atoms. The molecular formula is C15H21NO4. The summed E-state index contributed by atoms with van der Waals surface area (Å²) in [5, 5.41) is 11.5. The van der Waals surface area contributed by atoms with Crippen LogP contribution in [-0.4, -0.2) is 29.6 Å². The van der Waals surface area contributed by atoms with Gasteiger partial charge in [0.1, 0.15) is 5.75 Å². The van der Waals surface area contributed by atoms with Crippen LogP contribution in [0.15, 0.2) is 30.3 Å². The molecule has 2 N–H and O–H groups in total. The largest absolute Gasteiger partial charge is 0.493 e. The predicted octanol–water partition coefficient (Wildman–Crippen LogP) is 2.22. The third-order valence-corrected chi connectivity index (χ3v) is 2.76. The van der Waals surface area contributed by atoms with E-state index in [9.17, 15) is 9.59 Å². The highest BCUT2D eigenvalue weighted by Gasteiger charge is 2.14. The number of carboxylic acid groups (broad SMARTS) is 1. The van der Waals surface area contributed by atoms with Crippen molar-refractivity contribution in [3.63, 3.8) is 0 Å². The van der Waals surface area contributed by atoms with E-state index < -0.39 is 5.97 Å². The quantitative estimate of drug-likeness (QED) is 0.726. The summed E-state index contributed by atoms with van der Waals surface area (Å²) >= 11 is 0. The zero-order valence-electron chi connectivity index (χ0n) is 11.7. The molecule has 1 rings (SSSR count). The van der Waals surface area contributed by atoms with E-state index in [-0.39, 0.29) is 31.4 Å². The molecule has 0 aliphatic rings. The lowest BCUT2D eigenvalue weighted by molar-refractivity contribution is -0.137. The second-order valence-electron chi connectivity index (χ2n) is 4.56. The van der Waals surface area contributed by atoms with Gasteiger partial charge in [0.05, 0.1) is 19.4 Å². The van der Waals surface area contributed by atoms with Crippen molar-refractivity contribution in [3.8, 4) is 5.75 Å². The topological polar surface area (TPSA) is 75.6 Å². The Balaban J connectivity index is 2.29. The number of benzene rings is 1. The summed E-state index contributed by atoms with van der Waals surface area (Å²) in [6.45, 7) is 2.24. The zero-order chi connectivity index (χ0) is 14.8. The smallest absolute Gasteiger partial charge is 0.305 e. The average Bonchev–Trinajstić information content (AvgIpc) is 2.39. The Morgan fingerprint density at radius 1 is 1.30 bits per heavy atom. The van der Waals surface area contributed by atoms with E-state index in [1.807, 2.05) is 37.3 Å². The minimum absolute atomic E-state index is 0.0425. The molecule has 0 fully saturated rings. The normalized spacial score (nSPS) is 11.7. The molecule has 5 nitrogen and oxygen atoms in total. The Morgan fingerprint density at radius 3 is 2.60 bits per heavy atom. The van der Waals surface area contributed by atoms with Crippen molar-refractivity contribution in [3.05, 3.63) is 30.3 Å². The molecule has 0 aromatic heterocycles. The van der Waals surface area contributed by atoms with E-state index in [0.29, 0.717) is 6.42 Å². The summed E-state index contributed by atoms with van der Waals surface area (Å²) in [7, 11) is 0. The minimum Gasteiger partial charge on any atom is -0.493 e. The lowest BCUT2D eigenvalue weighted by Gasteiger charge is -2.16. The number of amides is 1. The summed E-state index contributed by atoms with van der Waals surface area (Å²) in [5.41, 5.74) is 0. The SMILES string of the molecule is CCCC(CC(=O)O)NC(=O)CCOc1ccccc1. The molecule has 0 aliphatic carbocycles. The highest BCUT2D eigenvalue weighted by molar-refractivity contribution is 5.77. The van der Waals surface area contributed by atoms with Crippen LogP contribution in [0.4, 0.5) is 0 Å². The molecule has 5 heteroatoms. The summed E-state index contributed by atoms with van der Waals surface area (Å²) in [6.07, 6.45) is 1.67. The van der Waals surface area contributed by atoms with Gasteiger partial charge in [0, 0.05) is 6.04 Å². The van der Waals surface area contributed by atoms with Gasteiger partial charge in [-0.15, -0.1) is 0 Å². The second kappa shape index (κ2) is 8.96. The molecule has 0 radical (unpaired) electrons. The first-order chi connectivity index (χ1) is 9.61. The predicted molar refractivity (Wildman–Crippen MR) is 75.6 cm³/mol. The lowest BCUT2D eigenvalue weighted by atomic mass is 10.1. The molecule has 0 saturated carbocycles. The van der Waals surface area contributed by atoms with Crippen LogP contribution < -0.4 is 10.1 Å². The van der Waals surface area contributed by atoms with Crippen molar-refractivity contribution in [2.75, 3.05) is 6.61 Å². The van der Waals surface area contributed by atoms with Gasteiger partial charge < -0.3 is 15.2 Å². The molecule has 1 aromatic rings. The Hall–Kier alpha value is -2.04. The van der Waals surface area contributed by atoms with Crippen LogP contribution in [0.1, 0.15) is 32.6 Å². The molecule has 1 atom stereocenters. The first-order valence-electron chi connectivity index (χ1n) is 6.80. The van der Waals surface area contributed by atoms with Gasteiger partial charge in [0.2, 0.25) is 5.91 Å². The third-order valence-electron chi connectivity index (χ3n) is 2.76. The maximum absolute atomic E-state index is 11.7. The van der Waals surface area contributed by atoms with Crippen molar-refractivity contribution < 1.29 is 19.4 Å². The Labute approximate surface area is 118 Å². The maximum atomic E-state index is 11.7. The van der Waals surface area contributed by atoms with Gasteiger partial charge in [-0.2, -0.15) is 0 Å². The van der Waals surface area contributed by atoms with Crippen LogP contribution in [0.2, 0.25) is 0 Å². The van der Waals surface area contributed by atoms with Crippen molar-refractivity contribution in [2.24, 2.45) is 0 Å². The number of hydrogen-bond donors (Lipinski definition) is 2. The fraction of sp³-hybridized carbons (Fsp3) is 0.467. The number of carbonyl (C=O) groups is 2. The van der Waals surface area contributed by atoms with Crippen LogP contribution in [0.5, 0.6) is 5.75 Å². The van der Waals surface area contributed by atoms with Gasteiger partial charge in [-0.1, -0.05) is 31.5 Å². The maximum Gasteiger partial charge on any atom is 0.305 e. The summed E-state index contributed by atoms with van der Waals surface area (Å²) < 4.78 is 5.42. The van der Waals surface area contributed by atoms with Crippen LogP contribution in [-0.2, 0) is 9.59 Å². The fourth-order valence-electron chi connectivity index (χ4n) is 1.86. The van der Waals surface area contributed by atoms with Gasteiger partial charge in [-0.05, 0) is 18.6 Å². The van der Waals surface area contributed by atoms with Gasteiger partial charge in [0.15, 0.2) is 0 Å². The molecule has 110 valence electrons. The number of carboxylic acids is 1. The van der Waals surface area contributed by atoms with Gasteiger partial charge in [-0.3, -0.25) is 9.59 Å². The summed E-state index contributed by atoms with van der Waals surface area (Å²) in [4.78, 5) is 22.4. The van der Waals surface area contributed by atoms with E-state index in [0.717, 1.165) is 12.2 Å².